The van der Waals surface area contributed by atoms with Gasteiger partial charge in [-0.15, -0.1) is 0 Å². The average molecular weight is 210 g/mol. The zero-order chi connectivity index (χ0) is 11.3. The summed E-state index contributed by atoms with van der Waals surface area (Å²) in [6, 6.07) is 0. The first kappa shape index (κ1) is 11.4. The first-order chi connectivity index (χ1) is 7.09. The quantitative estimate of drug-likeness (QED) is 0.799. The molecule has 5 nitrogen and oxygen atoms in total. The van der Waals surface area contributed by atoms with E-state index in [0.29, 0.717) is 12.5 Å². The van der Waals surface area contributed by atoms with Crippen molar-refractivity contribution in [2.45, 2.75) is 20.3 Å². The van der Waals surface area contributed by atoms with Gasteiger partial charge in [-0.25, -0.2) is 9.78 Å². The van der Waals surface area contributed by atoms with Crippen LogP contribution < -0.4 is 4.74 Å². The van der Waals surface area contributed by atoms with Crippen LogP contribution in [-0.2, 0) is 0 Å². The molecule has 15 heavy (non-hydrogen) atoms. The molecular weight excluding hydrogens is 196 g/mol. The van der Waals surface area contributed by atoms with Crippen LogP contribution in [0.5, 0.6) is 5.88 Å². The number of rotatable bonds is 5. The lowest BCUT2D eigenvalue weighted by molar-refractivity contribution is 0.0688. The molecule has 0 bridgehead atoms. The van der Waals surface area contributed by atoms with Gasteiger partial charge in [-0.2, -0.15) is 0 Å². The predicted octanol–water partition coefficient (Wildman–Crippen LogP) is 1.60. The van der Waals surface area contributed by atoms with Crippen LogP contribution in [0.15, 0.2) is 12.4 Å². The maximum atomic E-state index is 10.6. The molecule has 0 atom stereocenters. The Morgan fingerprint density at radius 3 is 2.87 bits per heavy atom. The van der Waals surface area contributed by atoms with Crippen molar-refractivity contribution in [2.75, 3.05) is 6.61 Å². The second-order valence-electron chi connectivity index (χ2n) is 3.58. The third-order valence-corrected chi connectivity index (χ3v) is 1.78. The highest BCUT2D eigenvalue weighted by atomic mass is 16.5. The third kappa shape index (κ3) is 3.93. The van der Waals surface area contributed by atoms with E-state index in [4.69, 9.17) is 9.84 Å². The molecule has 1 N–H and O–H groups in total. The lowest BCUT2D eigenvalue weighted by Crippen LogP contribution is -2.06. The highest BCUT2D eigenvalue weighted by Crippen LogP contribution is 2.07. The molecule has 1 rings (SSSR count). The SMILES string of the molecule is CC(C)CCOc1cncc(C(=O)O)n1. The van der Waals surface area contributed by atoms with Crippen molar-refractivity contribution in [1.29, 1.82) is 0 Å². The summed E-state index contributed by atoms with van der Waals surface area (Å²) < 4.78 is 5.27. The lowest BCUT2D eigenvalue weighted by Gasteiger charge is -2.06. The smallest absolute Gasteiger partial charge is 0.356 e. The number of nitrogens with zero attached hydrogens (tertiary/aromatic N) is 2. The van der Waals surface area contributed by atoms with E-state index in [9.17, 15) is 4.79 Å². The fourth-order valence-corrected chi connectivity index (χ4v) is 0.920. The van der Waals surface area contributed by atoms with Gasteiger partial charge in [0, 0.05) is 0 Å². The molecule has 0 aliphatic rings. The van der Waals surface area contributed by atoms with E-state index in [0.717, 1.165) is 6.42 Å². The van der Waals surface area contributed by atoms with Crippen molar-refractivity contribution in [3.63, 3.8) is 0 Å². The van der Waals surface area contributed by atoms with E-state index in [1.807, 2.05) is 0 Å². The summed E-state index contributed by atoms with van der Waals surface area (Å²) in [5.74, 6) is -0.298. The summed E-state index contributed by atoms with van der Waals surface area (Å²) in [4.78, 5) is 18.1. The molecule has 0 saturated carbocycles. The van der Waals surface area contributed by atoms with E-state index in [2.05, 4.69) is 23.8 Å². The molecule has 0 amide bonds. The van der Waals surface area contributed by atoms with Gasteiger partial charge in [0.15, 0.2) is 5.69 Å². The minimum Gasteiger partial charge on any atom is -0.477 e. The number of carbonyl (C=O) groups is 1. The van der Waals surface area contributed by atoms with Gasteiger partial charge in [-0.3, -0.25) is 4.98 Å². The summed E-state index contributed by atoms with van der Waals surface area (Å²) in [6.07, 6.45) is 3.50. The van der Waals surface area contributed by atoms with Gasteiger partial charge in [-0.1, -0.05) is 13.8 Å². The highest BCUT2D eigenvalue weighted by molar-refractivity contribution is 5.84. The molecule has 0 fully saturated rings. The molecule has 5 heteroatoms. The van der Waals surface area contributed by atoms with Crippen molar-refractivity contribution in [1.82, 2.24) is 9.97 Å². The van der Waals surface area contributed by atoms with Gasteiger partial charge in [-0.05, 0) is 12.3 Å². The Labute approximate surface area is 88.1 Å². The van der Waals surface area contributed by atoms with Gasteiger partial charge in [0.25, 0.3) is 0 Å². The van der Waals surface area contributed by atoms with Gasteiger partial charge in [0.05, 0.1) is 19.0 Å². The van der Waals surface area contributed by atoms with Crippen molar-refractivity contribution >= 4 is 5.97 Å². The topological polar surface area (TPSA) is 72.3 Å². The molecule has 0 aliphatic carbocycles. The summed E-state index contributed by atoms with van der Waals surface area (Å²) in [5, 5.41) is 8.66. The second-order valence-corrected chi connectivity index (χ2v) is 3.58. The van der Waals surface area contributed by atoms with Crippen molar-refractivity contribution in [3.05, 3.63) is 18.1 Å². The Kier molecular flexibility index (Phi) is 4.03. The maximum absolute atomic E-state index is 10.6. The molecule has 0 radical (unpaired) electrons. The summed E-state index contributed by atoms with van der Waals surface area (Å²) >= 11 is 0. The second kappa shape index (κ2) is 5.29. The fraction of sp³-hybridized carbons (Fsp3) is 0.500. The number of carboxylic acid groups (broad SMARTS) is 1. The number of carboxylic acids is 1. The van der Waals surface area contributed by atoms with Gasteiger partial charge in [0.1, 0.15) is 0 Å². The Bertz CT molecular complexity index is 339. The lowest BCUT2D eigenvalue weighted by atomic mass is 10.1. The molecular formula is C10H14N2O3. The number of aromatic nitrogens is 2. The monoisotopic (exact) mass is 210 g/mol. The van der Waals surface area contributed by atoms with Crippen LogP contribution in [0, 0.1) is 5.92 Å². The molecule has 0 spiro atoms. The molecule has 1 aromatic heterocycles. The molecule has 0 saturated heterocycles. The van der Waals surface area contributed by atoms with Crippen LogP contribution >= 0.6 is 0 Å². The Balaban J connectivity index is 2.54. The maximum Gasteiger partial charge on any atom is 0.356 e. The molecule has 0 unspecified atom stereocenters. The summed E-state index contributed by atoms with van der Waals surface area (Å²) in [7, 11) is 0. The van der Waals surface area contributed by atoms with E-state index < -0.39 is 5.97 Å². The van der Waals surface area contributed by atoms with Gasteiger partial charge >= 0.3 is 5.97 Å². The van der Waals surface area contributed by atoms with Crippen LogP contribution in [0.2, 0.25) is 0 Å². The van der Waals surface area contributed by atoms with Crippen LogP contribution in [0.4, 0.5) is 0 Å². The minimum absolute atomic E-state index is 0.1000. The Morgan fingerprint density at radius 2 is 2.27 bits per heavy atom. The first-order valence-electron chi connectivity index (χ1n) is 4.77. The minimum atomic E-state index is -1.10. The summed E-state index contributed by atoms with van der Waals surface area (Å²) in [5.41, 5.74) is -0.1000. The fourth-order valence-electron chi connectivity index (χ4n) is 0.920. The van der Waals surface area contributed by atoms with Gasteiger partial charge in [0.2, 0.25) is 5.88 Å². The number of hydrogen-bond acceptors (Lipinski definition) is 4. The Morgan fingerprint density at radius 1 is 1.53 bits per heavy atom. The standard InChI is InChI=1S/C10H14N2O3/c1-7(2)3-4-15-9-6-11-5-8(12-9)10(13)14/h5-7H,3-4H2,1-2H3,(H,13,14). The Hall–Kier alpha value is -1.65. The van der Waals surface area contributed by atoms with E-state index in [1.165, 1.54) is 12.4 Å². The first-order valence-corrected chi connectivity index (χ1v) is 4.77. The predicted molar refractivity (Wildman–Crippen MR) is 53.9 cm³/mol. The zero-order valence-electron chi connectivity index (χ0n) is 8.80. The number of hydrogen-bond donors (Lipinski definition) is 1. The van der Waals surface area contributed by atoms with Crippen LogP contribution in [0.25, 0.3) is 0 Å². The van der Waals surface area contributed by atoms with Gasteiger partial charge < -0.3 is 9.84 Å². The normalized spacial score (nSPS) is 10.3. The molecule has 82 valence electrons. The van der Waals surface area contributed by atoms with E-state index in [-0.39, 0.29) is 11.6 Å². The largest absolute Gasteiger partial charge is 0.477 e. The van der Waals surface area contributed by atoms with E-state index >= 15 is 0 Å². The van der Waals surface area contributed by atoms with Crippen LogP contribution in [-0.4, -0.2) is 27.7 Å². The van der Waals surface area contributed by atoms with Crippen molar-refractivity contribution in [3.8, 4) is 5.88 Å². The summed E-state index contributed by atoms with van der Waals surface area (Å²) in [6.45, 7) is 4.70. The van der Waals surface area contributed by atoms with Crippen molar-refractivity contribution in [2.24, 2.45) is 5.92 Å². The van der Waals surface area contributed by atoms with E-state index in [1.54, 1.807) is 0 Å². The van der Waals surface area contributed by atoms with Crippen LogP contribution in [0.3, 0.4) is 0 Å². The molecule has 0 aliphatic heterocycles. The van der Waals surface area contributed by atoms with Crippen LogP contribution in [0.1, 0.15) is 30.8 Å². The number of ether oxygens (including phenoxy) is 1. The zero-order valence-corrected chi connectivity index (χ0v) is 8.80. The molecule has 1 heterocycles. The third-order valence-electron chi connectivity index (χ3n) is 1.78. The average Bonchev–Trinajstić information content (AvgIpc) is 2.17. The van der Waals surface area contributed by atoms with Crippen molar-refractivity contribution < 1.29 is 14.6 Å². The highest BCUT2D eigenvalue weighted by Gasteiger charge is 2.06. The molecule has 0 aromatic carbocycles. The molecule has 1 aromatic rings. The number of aromatic carboxylic acids is 1.